The van der Waals surface area contributed by atoms with Crippen molar-refractivity contribution < 1.29 is 9.84 Å². The van der Waals surface area contributed by atoms with Gasteiger partial charge in [0, 0.05) is 6.61 Å². The minimum Gasteiger partial charge on any atom is -0.496 e. The first-order valence-corrected chi connectivity index (χ1v) is 6.24. The summed E-state index contributed by atoms with van der Waals surface area (Å²) in [6.45, 7) is 8.73. The average molecular weight is 236 g/mol. The predicted molar refractivity (Wildman–Crippen MR) is 71.6 cm³/mol. The van der Waals surface area contributed by atoms with Crippen LogP contribution in [-0.2, 0) is 6.42 Å². The molecule has 1 atom stereocenters. The molecule has 0 saturated carbocycles. The van der Waals surface area contributed by atoms with Crippen LogP contribution in [-0.4, -0.2) is 18.8 Å². The van der Waals surface area contributed by atoms with Crippen molar-refractivity contribution in [3.05, 3.63) is 28.8 Å². The average Bonchev–Trinajstić information content (AvgIpc) is 2.29. The summed E-state index contributed by atoms with van der Waals surface area (Å²) in [5.74, 6) is 1.78. The monoisotopic (exact) mass is 236 g/mol. The van der Waals surface area contributed by atoms with Crippen molar-refractivity contribution >= 4 is 0 Å². The lowest BCUT2D eigenvalue weighted by Crippen LogP contribution is -2.17. The fourth-order valence-electron chi connectivity index (χ4n) is 2.08. The minimum atomic E-state index is 0.252. The first-order valence-electron chi connectivity index (χ1n) is 6.24. The van der Waals surface area contributed by atoms with Gasteiger partial charge in [-0.3, -0.25) is 0 Å². The number of hydrogen-bond donors (Lipinski definition) is 1. The van der Waals surface area contributed by atoms with Crippen molar-refractivity contribution in [2.24, 2.45) is 11.8 Å². The van der Waals surface area contributed by atoms with Gasteiger partial charge in [0.25, 0.3) is 0 Å². The summed E-state index contributed by atoms with van der Waals surface area (Å²) in [5, 5.41) is 9.39. The first kappa shape index (κ1) is 14.0. The molecule has 0 aromatic heterocycles. The quantitative estimate of drug-likeness (QED) is 0.851. The summed E-state index contributed by atoms with van der Waals surface area (Å²) in [7, 11) is 1.70. The molecule has 0 aliphatic carbocycles. The number of aliphatic hydroxyl groups excluding tert-OH is 1. The van der Waals surface area contributed by atoms with E-state index in [9.17, 15) is 5.11 Å². The summed E-state index contributed by atoms with van der Waals surface area (Å²) in [6, 6.07) is 4.26. The molecule has 1 rings (SSSR count). The van der Waals surface area contributed by atoms with Gasteiger partial charge in [0.2, 0.25) is 0 Å². The van der Waals surface area contributed by atoms with E-state index in [4.69, 9.17) is 4.74 Å². The Labute approximate surface area is 105 Å². The van der Waals surface area contributed by atoms with E-state index in [-0.39, 0.29) is 6.61 Å². The zero-order valence-corrected chi connectivity index (χ0v) is 11.6. The molecule has 2 nitrogen and oxygen atoms in total. The van der Waals surface area contributed by atoms with Crippen LogP contribution in [0.3, 0.4) is 0 Å². The molecule has 0 bridgehead atoms. The van der Waals surface area contributed by atoms with E-state index in [0.29, 0.717) is 11.8 Å². The smallest absolute Gasteiger partial charge is 0.122 e. The zero-order valence-electron chi connectivity index (χ0n) is 11.6. The summed E-state index contributed by atoms with van der Waals surface area (Å²) in [6.07, 6.45) is 0.935. The van der Waals surface area contributed by atoms with Crippen LogP contribution in [0, 0.1) is 25.7 Å². The lowest BCUT2D eigenvalue weighted by atomic mass is 9.88. The Kier molecular flexibility index (Phi) is 5.01. The molecule has 0 heterocycles. The molecule has 0 amide bonds. The molecule has 0 radical (unpaired) electrons. The Morgan fingerprint density at radius 3 is 2.29 bits per heavy atom. The molecule has 17 heavy (non-hydrogen) atoms. The largest absolute Gasteiger partial charge is 0.496 e. The number of aliphatic hydroxyl groups is 1. The van der Waals surface area contributed by atoms with Crippen molar-refractivity contribution in [3.8, 4) is 5.75 Å². The number of rotatable bonds is 5. The maximum absolute atomic E-state index is 9.39. The highest BCUT2D eigenvalue weighted by atomic mass is 16.5. The van der Waals surface area contributed by atoms with Gasteiger partial charge in [0.05, 0.1) is 7.11 Å². The van der Waals surface area contributed by atoms with Crippen molar-refractivity contribution in [2.45, 2.75) is 34.1 Å². The number of hydrogen-bond acceptors (Lipinski definition) is 2. The molecular weight excluding hydrogens is 212 g/mol. The van der Waals surface area contributed by atoms with Crippen molar-refractivity contribution in [2.75, 3.05) is 13.7 Å². The maximum atomic E-state index is 9.39. The van der Waals surface area contributed by atoms with Crippen LogP contribution >= 0.6 is 0 Å². The maximum Gasteiger partial charge on any atom is 0.122 e. The fourth-order valence-corrected chi connectivity index (χ4v) is 2.08. The van der Waals surface area contributed by atoms with Crippen molar-refractivity contribution in [1.29, 1.82) is 0 Å². The number of benzene rings is 1. The number of methoxy groups -OCH3 is 1. The van der Waals surface area contributed by atoms with Crippen LogP contribution in [0.25, 0.3) is 0 Å². The van der Waals surface area contributed by atoms with E-state index in [0.717, 1.165) is 17.7 Å². The Balaban J connectivity index is 2.95. The molecular formula is C15H24O2. The first-order chi connectivity index (χ1) is 7.99. The van der Waals surface area contributed by atoms with Gasteiger partial charge in [-0.2, -0.15) is 0 Å². The van der Waals surface area contributed by atoms with E-state index >= 15 is 0 Å². The third kappa shape index (κ3) is 3.47. The molecule has 1 aromatic carbocycles. The standard InChI is InChI=1S/C15H24O2/c1-10(2)14(9-16)8-13-6-12(4)15(17-5)7-11(13)3/h6-7,10,14,16H,8-9H2,1-5H3. The minimum absolute atomic E-state index is 0.252. The zero-order chi connectivity index (χ0) is 13.0. The second-order valence-electron chi connectivity index (χ2n) is 5.14. The van der Waals surface area contributed by atoms with Crippen molar-refractivity contribution in [3.63, 3.8) is 0 Å². The van der Waals surface area contributed by atoms with Crippen LogP contribution in [0.15, 0.2) is 12.1 Å². The third-order valence-corrected chi connectivity index (χ3v) is 3.51. The van der Waals surface area contributed by atoms with Gasteiger partial charge in [-0.05, 0) is 54.9 Å². The Bertz CT molecular complexity index is 369. The van der Waals surface area contributed by atoms with E-state index in [1.165, 1.54) is 11.1 Å². The predicted octanol–water partition coefficient (Wildman–Crippen LogP) is 3.12. The van der Waals surface area contributed by atoms with E-state index in [1.807, 2.05) is 0 Å². The van der Waals surface area contributed by atoms with Gasteiger partial charge < -0.3 is 9.84 Å². The normalized spacial score (nSPS) is 12.9. The lowest BCUT2D eigenvalue weighted by molar-refractivity contribution is 0.189. The van der Waals surface area contributed by atoms with Crippen LogP contribution in [0.5, 0.6) is 5.75 Å². The lowest BCUT2D eigenvalue weighted by Gasteiger charge is -2.20. The Hall–Kier alpha value is -1.02. The van der Waals surface area contributed by atoms with Gasteiger partial charge in [-0.15, -0.1) is 0 Å². The Morgan fingerprint density at radius 1 is 1.18 bits per heavy atom. The second-order valence-corrected chi connectivity index (χ2v) is 5.14. The summed E-state index contributed by atoms with van der Waals surface area (Å²) in [5.41, 5.74) is 3.72. The molecule has 0 aliphatic rings. The highest BCUT2D eigenvalue weighted by Crippen LogP contribution is 2.26. The molecule has 1 aromatic rings. The number of ether oxygens (including phenoxy) is 1. The Morgan fingerprint density at radius 2 is 1.82 bits per heavy atom. The molecule has 0 fully saturated rings. The number of aryl methyl sites for hydroxylation is 2. The molecule has 0 aliphatic heterocycles. The van der Waals surface area contributed by atoms with E-state index in [1.54, 1.807) is 7.11 Å². The highest BCUT2D eigenvalue weighted by Gasteiger charge is 2.15. The second kappa shape index (κ2) is 6.06. The molecule has 96 valence electrons. The highest BCUT2D eigenvalue weighted by molar-refractivity contribution is 5.41. The SMILES string of the molecule is COc1cc(C)c(CC(CO)C(C)C)cc1C. The third-order valence-electron chi connectivity index (χ3n) is 3.51. The van der Waals surface area contributed by atoms with Gasteiger partial charge >= 0.3 is 0 Å². The van der Waals surface area contributed by atoms with Crippen LogP contribution < -0.4 is 4.74 Å². The van der Waals surface area contributed by atoms with Crippen molar-refractivity contribution in [1.82, 2.24) is 0 Å². The molecule has 0 saturated heterocycles. The van der Waals surface area contributed by atoms with Gasteiger partial charge in [0.15, 0.2) is 0 Å². The van der Waals surface area contributed by atoms with Gasteiger partial charge in [0.1, 0.15) is 5.75 Å². The molecule has 2 heteroatoms. The van der Waals surface area contributed by atoms with E-state index < -0.39 is 0 Å². The van der Waals surface area contributed by atoms with Crippen LogP contribution in [0.1, 0.15) is 30.5 Å². The van der Waals surface area contributed by atoms with E-state index in [2.05, 4.69) is 39.8 Å². The topological polar surface area (TPSA) is 29.5 Å². The van der Waals surface area contributed by atoms with Gasteiger partial charge in [-0.1, -0.05) is 19.9 Å². The summed E-state index contributed by atoms with van der Waals surface area (Å²) in [4.78, 5) is 0. The molecule has 1 N–H and O–H groups in total. The molecule has 0 spiro atoms. The van der Waals surface area contributed by atoms with Crippen LogP contribution in [0.2, 0.25) is 0 Å². The summed E-state index contributed by atoms with van der Waals surface area (Å²) < 4.78 is 5.31. The molecule has 1 unspecified atom stereocenters. The fraction of sp³-hybridized carbons (Fsp3) is 0.600. The van der Waals surface area contributed by atoms with Gasteiger partial charge in [-0.25, -0.2) is 0 Å². The van der Waals surface area contributed by atoms with Crippen LogP contribution in [0.4, 0.5) is 0 Å². The summed E-state index contributed by atoms with van der Waals surface area (Å²) >= 11 is 0.